The van der Waals surface area contributed by atoms with E-state index in [1.165, 1.54) is 16.0 Å². The van der Waals surface area contributed by atoms with E-state index in [0.29, 0.717) is 18.7 Å². The Balaban J connectivity index is 1.42. The number of carbonyl (C=O) groups excluding carboxylic acids is 1. The van der Waals surface area contributed by atoms with Crippen LogP contribution in [0.1, 0.15) is 38.7 Å². The first-order valence-electron chi connectivity index (χ1n) is 10.6. The first-order chi connectivity index (χ1) is 15.1. The Morgan fingerprint density at radius 1 is 1.03 bits per heavy atom. The normalized spacial score (nSPS) is 18.8. The molecule has 2 aliphatic heterocycles. The molecule has 31 heavy (non-hydrogen) atoms. The zero-order valence-electron chi connectivity index (χ0n) is 17.4. The molecule has 158 valence electrons. The summed E-state index contributed by atoms with van der Waals surface area (Å²) in [5, 5.41) is 0. The molecule has 5 rings (SSSR count). The van der Waals surface area contributed by atoms with Gasteiger partial charge in [-0.15, -0.1) is 11.8 Å². The molecule has 1 unspecified atom stereocenters. The number of fused-ring (bicyclic) bond motifs is 2. The van der Waals surface area contributed by atoms with E-state index in [0.717, 1.165) is 30.0 Å². The second-order valence-electron chi connectivity index (χ2n) is 8.15. The number of benzene rings is 2. The van der Waals surface area contributed by atoms with Gasteiger partial charge < -0.3 is 4.90 Å². The fourth-order valence-electron chi connectivity index (χ4n) is 4.54. The fourth-order valence-corrected chi connectivity index (χ4v) is 5.64. The molecule has 4 nitrogen and oxygen atoms in total. The van der Waals surface area contributed by atoms with Crippen LogP contribution in [0.15, 0.2) is 65.8 Å². The molecule has 1 amide bonds. The highest BCUT2D eigenvalue weighted by atomic mass is 32.2. The number of thioether (sulfide) groups is 1. The van der Waals surface area contributed by atoms with E-state index in [2.05, 4.69) is 34.1 Å². The molecule has 0 radical (unpaired) electrons. The number of nitrogens with zero attached hydrogens (tertiary/aromatic N) is 3. The quantitative estimate of drug-likeness (QED) is 0.588. The van der Waals surface area contributed by atoms with Crippen LogP contribution in [0, 0.1) is 12.7 Å². The third-order valence-electron chi connectivity index (χ3n) is 6.09. The number of carbonyl (C=O) groups is 1. The third kappa shape index (κ3) is 3.98. The summed E-state index contributed by atoms with van der Waals surface area (Å²) in [7, 11) is 0. The number of amides is 1. The molecule has 0 N–H and O–H groups in total. The van der Waals surface area contributed by atoms with Gasteiger partial charge in [0.2, 0.25) is 0 Å². The molecule has 0 bridgehead atoms. The average molecular weight is 434 g/mol. The summed E-state index contributed by atoms with van der Waals surface area (Å²) in [5.41, 5.74) is 5.06. The minimum atomic E-state index is -0.200. The van der Waals surface area contributed by atoms with Gasteiger partial charge in [-0.05, 0) is 53.4 Å². The summed E-state index contributed by atoms with van der Waals surface area (Å²) in [4.78, 5) is 22.6. The maximum atomic E-state index is 14.2. The molecule has 0 saturated carbocycles. The van der Waals surface area contributed by atoms with Crippen molar-refractivity contribution in [1.82, 2.24) is 14.8 Å². The minimum absolute atomic E-state index is 0.00483. The molecule has 0 aliphatic carbocycles. The van der Waals surface area contributed by atoms with Crippen molar-refractivity contribution in [3.63, 3.8) is 0 Å². The lowest BCUT2D eigenvalue weighted by Gasteiger charge is -2.40. The summed E-state index contributed by atoms with van der Waals surface area (Å²) in [6.45, 7) is 4.71. The minimum Gasteiger partial charge on any atom is -0.336 e. The smallest absolute Gasteiger partial charge is 0.255 e. The number of rotatable bonds is 2. The highest BCUT2D eigenvalue weighted by molar-refractivity contribution is 7.98. The molecule has 6 heteroatoms. The van der Waals surface area contributed by atoms with Crippen LogP contribution in [-0.2, 0) is 5.75 Å². The van der Waals surface area contributed by atoms with Crippen LogP contribution < -0.4 is 0 Å². The fraction of sp³-hybridized carbons (Fsp3) is 0.280. The lowest BCUT2D eigenvalue weighted by atomic mass is 9.93. The van der Waals surface area contributed by atoms with E-state index in [4.69, 9.17) is 0 Å². The Morgan fingerprint density at radius 2 is 1.84 bits per heavy atom. The van der Waals surface area contributed by atoms with Crippen LogP contribution in [0.5, 0.6) is 0 Å². The lowest BCUT2D eigenvalue weighted by molar-refractivity contribution is 0.0595. The second kappa shape index (κ2) is 8.44. The number of hydrogen-bond acceptors (Lipinski definition) is 4. The topological polar surface area (TPSA) is 36.4 Å². The van der Waals surface area contributed by atoms with Crippen LogP contribution in [0.2, 0.25) is 0 Å². The maximum Gasteiger partial charge on any atom is 0.255 e. The van der Waals surface area contributed by atoms with Gasteiger partial charge in [-0.3, -0.25) is 14.7 Å². The summed E-state index contributed by atoms with van der Waals surface area (Å²) >= 11 is 1.81. The molecule has 1 fully saturated rings. The maximum absolute atomic E-state index is 14.2. The number of halogens is 1. The average Bonchev–Trinajstić information content (AvgIpc) is 2.95. The number of hydrogen-bond donors (Lipinski definition) is 0. The number of aryl methyl sites for hydroxylation is 1. The summed E-state index contributed by atoms with van der Waals surface area (Å²) in [5.74, 6) is 0.662. The van der Waals surface area contributed by atoms with E-state index in [1.807, 2.05) is 35.7 Å². The van der Waals surface area contributed by atoms with Crippen LogP contribution in [0.25, 0.3) is 0 Å². The van der Waals surface area contributed by atoms with E-state index in [9.17, 15) is 9.18 Å². The number of aromatic nitrogens is 1. The molecular weight excluding hydrogens is 409 g/mol. The third-order valence-corrected chi connectivity index (χ3v) is 7.23. The van der Waals surface area contributed by atoms with Crippen molar-refractivity contribution in [3.8, 4) is 0 Å². The molecule has 3 aromatic rings. The van der Waals surface area contributed by atoms with Gasteiger partial charge in [-0.2, -0.15) is 0 Å². The van der Waals surface area contributed by atoms with Crippen LogP contribution in [0.3, 0.4) is 0 Å². The molecule has 3 heterocycles. The Hall–Kier alpha value is -2.70. The van der Waals surface area contributed by atoms with Crippen molar-refractivity contribution in [2.45, 2.75) is 23.6 Å². The van der Waals surface area contributed by atoms with Crippen molar-refractivity contribution in [1.29, 1.82) is 0 Å². The zero-order valence-corrected chi connectivity index (χ0v) is 18.2. The van der Waals surface area contributed by atoms with Crippen LogP contribution in [0.4, 0.5) is 4.39 Å². The monoisotopic (exact) mass is 433 g/mol. The van der Waals surface area contributed by atoms with Gasteiger partial charge in [0.25, 0.3) is 5.91 Å². The second-order valence-corrected chi connectivity index (χ2v) is 9.17. The van der Waals surface area contributed by atoms with Crippen LogP contribution >= 0.6 is 11.8 Å². The predicted molar refractivity (Wildman–Crippen MR) is 121 cm³/mol. The van der Waals surface area contributed by atoms with E-state index in [-0.39, 0.29) is 17.8 Å². The Bertz CT molecular complexity index is 1130. The van der Waals surface area contributed by atoms with Gasteiger partial charge in [0, 0.05) is 49.2 Å². The number of piperazine rings is 1. The zero-order chi connectivity index (χ0) is 21.4. The van der Waals surface area contributed by atoms with Gasteiger partial charge in [-0.25, -0.2) is 4.39 Å². The van der Waals surface area contributed by atoms with E-state index in [1.54, 1.807) is 24.5 Å². The lowest BCUT2D eigenvalue weighted by Crippen LogP contribution is -2.50. The molecule has 1 atom stereocenters. The Kier molecular flexibility index (Phi) is 5.50. The molecule has 0 spiro atoms. The van der Waals surface area contributed by atoms with Crippen molar-refractivity contribution in [2.75, 3.05) is 26.2 Å². The summed E-state index contributed by atoms with van der Waals surface area (Å²) < 4.78 is 14.2. The van der Waals surface area contributed by atoms with Crippen LogP contribution in [-0.4, -0.2) is 46.9 Å². The molecule has 2 aliphatic rings. The largest absolute Gasteiger partial charge is 0.336 e. The van der Waals surface area contributed by atoms with Crippen molar-refractivity contribution >= 4 is 17.7 Å². The summed E-state index contributed by atoms with van der Waals surface area (Å²) in [6, 6.07) is 15.5. The van der Waals surface area contributed by atoms with Crippen molar-refractivity contribution < 1.29 is 9.18 Å². The SMILES string of the molecule is Cc1cncc(C(=O)N2CCN(C3c4cc(F)ccc4CSc4ccccc43)CC2)c1. The molecular formula is C25H24FN3OS. The molecule has 1 saturated heterocycles. The van der Waals surface area contributed by atoms with Gasteiger partial charge in [0.15, 0.2) is 0 Å². The molecule has 1 aromatic heterocycles. The van der Waals surface area contributed by atoms with Crippen molar-refractivity contribution in [3.05, 3.63) is 94.6 Å². The van der Waals surface area contributed by atoms with Gasteiger partial charge in [0.1, 0.15) is 5.82 Å². The standard InChI is InChI=1S/C25H24FN3OS/c1-17-12-19(15-27-14-17)25(30)29-10-8-28(9-11-29)24-21-4-2-3-5-23(21)31-16-18-6-7-20(26)13-22(18)24/h2-7,12-15,24H,8-11,16H2,1H3. The van der Waals surface area contributed by atoms with Gasteiger partial charge in [-0.1, -0.05) is 24.3 Å². The Labute approximate surface area is 186 Å². The summed E-state index contributed by atoms with van der Waals surface area (Å²) in [6.07, 6.45) is 3.40. The highest BCUT2D eigenvalue weighted by Gasteiger charge is 2.32. The van der Waals surface area contributed by atoms with E-state index < -0.39 is 0 Å². The van der Waals surface area contributed by atoms with Crippen molar-refractivity contribution in [2.24, 2.45) is 0 Å². The number of pyridine rings is 1. The highest BCUT2D eigenvalue weighted by Crippen LogP contribution is 2.42. The first kappa shape index (κ1) is 20.2. The Morgan fingerprint density at radius 3 is 2.65 bits per heavy atom. The van der Waals surface area contributed by atoms with Gasteiger partial charge >= 0.3 is 0 Å². The van der Waals surface area contributed by atoms with Gasteiger partial charge in [0.05, 0.1) is 11.6 Å². The molecule has 2 aromatic carbocycles. The predicted octanol–water partition coefficient (Wildman–Crippen LogP) is 4.68. The first-order valence-corrected chi connectivity index (χ1v) is 11.5. The van der Waals surface area contributed by atoms with E-state index >= 15 is 0 Å².